The predicted molar refractivity (Wildman–Crippen MR) is 102 cm³/mol. The molecule has 1 aliphatic heterocycles. The maximum atomic E-state index is 4.43. The first-order valence-electron chi connectivity index (χ1n) is 10.0. The van der Waals surface area contributed by atoms with Crippen LogP contribution in [-0.4, -0.2) is 62.2 Å². The Hall–Kier alpha value is -1.79. The molecule has 1 unspecified atom stereocenters. The van der Waals surface area contributed by atoms with Crippen LogP contribution in [0.15, 0.2) is 30.3 Å². The highest BCUT2D eigenvalue weighted by Gasteiger charge is 2.33. The molecule has 6 heteroatoms. The van der Waals surface area contributed by atoms with E-state index in [2.05, 4.69) is 69.5 Å². The number of rotatable bonds is 5. The summed E-state index contributed by atoms with van der Waals surface area (Å²) in [6, 6.07) is 11.9. The molecule has 6 nitrogen and oxygen atoms in total. The topological polar surface area (TPSA) is 50.1 Å². The van der Waals surface area contributed by atoms with E-state index in [0.717, 1.165) is 38.0 Å². The zero-order valence-corrected chi connectivity index (χ0v) is 16.0. The Morgan fingerprint density at radius 1 is 0.962 bits per heavy atom. The van der Waals surface area contributed by atoms with Gasteiger partial charge >= 0.3 is 0 Å². The normalized spacial score (nSPS) is 21.5. The number of benzene rings is 1. The fourth-order valence-corrected chi connectivity index (χ4v) is 4.54. The molecule has 0 N–H and O–H groups in total. The summed E-state index contributed by atoms with van der Waals surface area (Å²) in [6.07, 6.45) is 5.57. The highest BCUT2D eigenvalue weighted by atomic mass is 15.6. The van der Waals surface area contributed by atoms with Crippen LogP contribution in [0, 0.1) is 0 Å². The molecule has 1 aromatic heterocycles. The van der Waals surface area contributed by atoms with Gasteiger partial charge in [0.2, 0.25) is 0 Å². The SMILES string of the molecule is CC(C)n1nnnc1C(c1ccccc1)N1CCN(C2CCCC2)CC1. The Bertz CT molecular complexity index is 683. The molecule has 0 spiro atoms. The minimum atomic E-state index is 0.124. The number of tetrazole rings is 1. The molecule has 1 atom stereocenters. The van der Waals surface area contributed by atoms with Crippen molar-refractivity contribution in [1.29, 1.82) is 0 Å². The smallest absolute Gasteiger partial charge is 0.173 e. The van der Waals surface area contributed by atoms with E-state index in [1.54, 1.807) is 0 Å². The molecule has 4 rings (SSSR count). The van der Waals surface area contributed by atoms with E-state index >= 15 is 0 Å². The predicted octanol–water partition coefficient (Wildman–Crippen LogP) is 2.90. The van der Waals surface area contributed by atoms with Gasteiger partial charge < -0.3 is 0 Å². The molecule has 26 heavy (non-hydrogen) atoms. The monoisotopic (exact) mass is 354 g/mol. The van der Waals surface area contributed by atoms with Crippen molar-refractivity contribution >= 4 is 0 Å². The third-order valence-electron chi connectivity index (χ3n) is 5.92. The lowest BCUT2D eigenvalue weighted by atomic mass is 10.0. The first-order valence-corrected chi connectivity index (χ1v) is 10.0. The average molecular weight is 355 g/mol. The van der Waals surface area contributed by atoms with Crippen LogP contribution in [0.1, 0.15) is 63.0 Å². The minimum absolute atomic E-state index is 0.124. The number of hydrogen-bond donors (Lipinski definition) is 0. The second kappa shape index (κ2) is 7.84. The number of aromatic nitrogens is 4. The fraction of sp³-hybridized carbons (Fsp3) is 0.650. The molecule has 1 saturated heterocycles. The summed E-state index contributed by atoms with van der Waals surface area (Å²) in [5.74, 6) is 0.959. The van der Waals surface area contributed by atoms with Gasteiger partial charge in [-0.2, -0.15) is 0 Å². The summed E-state index contributed by atoms with van der Waals surface area (Å²) in [5, 5.41) is 12.7. The Kier molecular flexibility index (Phi) is 5.31. The molecule has 0 bridgehead atoms. The van der Waals surface area contributed by atoms with E-state index in [4.69, 9.17) is 0 Å². The summed E-state index contributed by atoms with van der Waals surface area (Å²) in [7, 11) is 0. The number of nitrogens with zero attached hydrogens (tertiary/aromatic N) is 6. The van der Waals surface area contributed by atoms with Crippen LogP contribution < -0.4 is 0 Å². The Morgan fingerprint density at radius 3 is 2.31 bits per heavy atom. The van der Waals surface area contributed by atoms with Gasteiger partial charge in [-0.3, -0.25) is 9.80 Å². The van der Waals surface area contributed by atoms with Crippen LogP contribution in [0.2, 0.25) is 0 Å². The van der Waals surface area contributed by atoms with Crippen LogP contribution in [0.3, 0.4) is 0 Å². The standard InChI is InChI=1S/C20H30N6/c1-16(2)26-20(21-22-23-26)19(17-8-4-3-5-9-17)25-14-12-24(13-15-25)18-10-6-7-11-18/h3-5,8-9,16,18-19H,6-7,10-15H2,1-2H3. The van der Waals surface area contributed by atoms with E-state index in [0.29, 0.717) is 0 Å². The van der Waals surface area contributed by atoms with Crippen LogP contribution in [0.25, 0.3) is 0 Å². The minimum Gasteiger partial charge on any atom is -0.298 e. The molecule has 0 amide bonds. The molecule has 2 heterocycles. The van der Waals surface area contributed by atoms with Gasteiger partial charge in [-0.15, -0.1) is 5.10 Å². The van der Waals surface area contributed by atoms with Gasteiger partial charge in [0, 0.05) is 32.2 Å². The first-order chi connectivity index (χ1) is 12.7. The second-order valence-corrected chi connectivity index (χ2v) is 7.90. The van der Waals surface area contributed by atoms with E-state index in [1.807, 2.05) is 4.68 Å². The first kappa shape index (κ1) is 17.6. The molecule has 140 valence electrons. The number of hydrogen-bond acceptors (Lipinski definition) is 5. The van der Waals surface area contributed by atoms with Gasteiger partial charge in [0.25, 0.3) is 0 Å². The third kappa shape index (κ3) is 3.53. The van der Waals surface area contributed by atoms with Crippen molar-refractivity contribution in [2.45, 2.75) is 57.7 Å². The van der Waals surface area contributed by atoms with Crippen molar-refractivity contribution in [3.8, 4) is 0 Å². The van der Waals surface area contributed by atoms with Crippen molar-refractivity contribution < 1.29 is 0 Å². The lowest BCUT2D eigenvalue weighted by Crippen LogP contribution is -2.51. The van der Waals surface area contributed by atoms with Gasteiger partial charge in [0.15, 0.2) is 5.82 Å². The third-order valence-corrected chi connectivity index (χ3v) is 5.92. The van der Waals surface area contributed by atoms with Crippen molar-refractivity contribution in [2.24, 2.45) is 0 Å². The fourth-order valence-electron chi connectivity index (χ4n) is 4.54. The quantitative estimate of drug-likeness (QED) is 0.826. The largest absolute Gasteiger partial charge is 0.298 e. The second-order valence-electron chi connectivity index (χ2n) is 7.90. The van der Waals surface area contributed by atoms with Crippen LogP contribution in [0.4, 0.5) is 0 Å². The Balaban J connectivity index is 1.57. The van der Waals surface area contributed by atoms with Crippen molar-refractivity contribution in [2.75, 3.05) is 26.2 Å². The highest BCUT2D eigenvalue weighted by molar-refractivity contribution is 5.25. The molecule has 2 aliphatic rings. The molecule has 2 aromatic rings. The molecule has 1 aliphatic carbocycles. The Labute approximate surface area is 156 Å². The van der Waals surface area contributed by atoms with Crippen LogP contribution in [0.5, 0.6) is 0 Å². The van der Waals surface area contributed by atoms with Crippen molar-refractivity contribution in [1.82, 2.24) is 30.0 Å². The number of piperazine rings is 1. The summed E-state index contributed by atoms with van der Waals surface area (Å²) in [5.41, 5.74) is 1.28. The summed E-state index contributed by atoms with van der Waals surface area (Å²) >= 11 is 0. The average Bonchev–Trinajstić information content (AvgIpc) is 3.36. The van der Waals surface area contributed by atoms with Crippen molar-refractivity contribution in [3.63, 3.8) is 0 Å². The zero-order valence-electron chi connectivity index (χ0n) is 16.0. The lowest BCUT2D eigenvalue weighted by molar-refractivity contribution is 0.0767. The highest BCUT2D eigenvalue weighted by Crippen LogP contribution is 2.31. The van der Waals surface area contributed by atoms with Gasteiger partial charge in [0.1, 0.15) is 0 Å². The van der Waals surface area contributed by atoms with Gasteiger partial charge in [-0.25, -0.2) is 4.68 Å². The molecule has 2 fully saturated rings. The maximum absolute atomic E-state index is 4.43. The van der Waals surface area contributed by atoms with Gasteiger partial charge in [0.05, 0.1) is 12.1 Å². The summed E-state index contributed by atoms with van der Waals surface area (Å²) in [6.45, 7) is 8.72. The molecular formula is C20H30N6. The molecule has 1 aromatic carbocycles. The Morgan fingerprint density at radius 2 is 1.65 bits per heavy atom. The van der Waals surface area contributed by atoms with Crippen LogP contribution in [-0.2, 0) is 0 Å². The maximum Gasteiger partial charge on any atom is 0.173 e. The van der Waals surface area contributed by atoms with Crippen LogP contribution >= 0.6 is 0 Å². The summed E-state index contributed by atoms with van der Waals surface area (Å²) in [4.78, 5) is 5.27. The molecule has 1 saturated carbocycles. The van der Waals surface area contributed by atoms with E-state index in [-0.39, 0.29) is 12.1 Å². The lowest BCUT2D eigenvalue weighted by Gasteiger charge is -2.41. The van der Waals surface area contributed by atoms with Gasteiger partial charge in [-0.1, -0.05) is 43.2 Å². The summed E-state index contributed by atoms with van der Waals surface area (Å²) < 4.78 is 1.97. The van der Waals surface area contributed by atoms with Gasteiger partial charge in [-0.05, 0) is 42.7 Å². The van der Waals surface area contributed by atoms with E-state index in [9.17, 15) is 0 Å². The molecular weight excluding hydrogens is 324 g/mol. The van der Waals surface area contributed by atoms with E-state index < -0.39 is 0 Å². The molecule has 0 radical (unpaired) electrons. The zero-order chi connectivity index (χ0) is 17.9. The van der Waals surface area contributed by atoms with Crippen molar-refractivity contribution in [3.05, 3.63) is 41.7 Å². The van der Waals surface area contributed by atoms with E-state index in [1.165, 1.54) is 31.2 Å².